The summed E-state index contributed by atoms with van der Waals surface area (Å²) >= 11 is 0. The van der Waals surface area contributed by atoms with Crippen molar-refractivity contribution in [3.8, 4) is 18.2 Å². The van der Waals surface area contributed by atoms with Crippen molar-refractivity contribution in [3.05, 3.63) is 16.7 Å². The number of hydrogen-bond donors (Lipinski definition) is 1. The van der Waals surface area contributed by atoms with E-state index in [-0.39, 0.29) is 16.7 Å². The van der Waals surface area contributed by atoms with Gasteiger partial charge in [0.25, 0.3) is 0 Å². The molecule has 0 amide bonds. The molecule has 0 saturated heterocycles. The molecule has 1 aromatic rings. The molecule has 1 N–H and O–H groups in total. The second kappa shape index (κ2) is 2.69. The van der Waals surface area contributed by atoms with Crippen LogP contribution in [0.3, 0.4) is 0 Å². The zero-order valence-corrected chi connectivity index (χ0v) is 5.42. The summed E-state index contributed by atoms with van der Waals surface area (Å²) in [5.74, 6) is 0. The summed E-state index contributed by atoms with van der Waals surface area (Å²) in [6, 6.07) is 5.34. The second-order valence-corrected chi connectivity index (χ2v) is 1.79. The molecule has 0 atom stereocenters. The number of aromatic nitrogens is 1. The minimum atomic E-state index is 0.120. The van der Waals surface area contributed by atoms with E-state index in [2.05, 4.69) is 4.89 Å². The zero-order valence-electron chi connectivity index (χ0n) is 5.42. The van der Waals surface area contributed by atoms with Crippen molar-refractivity contribution in [2.75, 3.05) is 0 Å². The number of nitrogens with zero attached hydrogens (tertiary/aromatic N) is 3. The van der Waals surface area contributed by atoms with Crippen LogP contribution in [0.4, 0.5) is 0 Å². The summed E-state index contributed by atoms with van der Waals surface area (Å²) in [4.78, 5) is 2.52. The van der Waals surface area contributed by atoms with Crippen LogP contribution in [0.2, 0.25) is 0 Å². The molecule has 0 unspecified atom stereocenters. The first-order valence-electron chi connectivity index (χ1n) is 2.75. The molecule has 0 spiro atoms. The number of hydrogen-bond acceptors (Lipinski definition) is 3. The van der Waals surface area contributed by atoms with Crippen molar-refractivity contribution in [3.63, 3.8) is 0 Å². The fourth-order valence-corrected chi connectivity index (χ4v) is 0.716. The summed E-state index contributed by atoms with van der Waals surface area (Å²) in [6.45, 7) is 0. The molecule has 0 aliphatic heterocycles. The molecule has 1 aromatic heterocycles. The standard InChI is InChI=1S/C6HBN4/c8-1-4-5(2-9)7-11-6(4)3-10/h11H. The van der Waals surface area contributed by atoms with E-state index in [1.165, 1.54) is 7.05 Å². The van der Waals surface area contributed by atoms with Gasteiger partial charge in [0.1, 0.15) is 0 Å². The molecule has 0 aromatic carbocycles. The molecule has 4 nitrogen and oxygen atoms in total. The Labute approximate surface area is 63.5 Å². The van der Waals surface area contributed by atoms with Crippen LogP contribution in [0.5, 0.6) is 0 Å². The van der Waals surface area contributed by atoms with E-state index in [0.29, 0.717) is 0 Å². The minimum absolute atomic E-state index is 0.120. The van der Waals surface area contributed by atoms with Crippen LogP contribution in [0.1, 0.15) is 16.7 Å². The van der Waals surface area contributed by atoms with E-state index in [4.69, 9.17) is 15.8 Å². The van der Waals surface area contributed by atoms with Crippen LogP contribution in [-0.2, 0) is 0 Å². The summed E-state index contributed by atoms with van der Waals surface area (Å²) < 4.78 is 0. The molecule has 0 aliphatic carbocycles. The van der Waals surface area contributed by atoms with Gasteiger partial charge in [-0.2, -0.15) is 0 Å². The maximum absolute atomic E-state index is 8.48. The Balaban J connectivity index is 3.41. The Morgan fingerprint density at radius 1 is 1.09 bits per heavy atom. The van der Waals surface area contributed by atoms with E-state index >= 15 is 0 Å². The zero-order chi connectivity index (χ0) is 8.27. The molecule has 0 saturated carbocycles. The van der Waals surface area contributed by atoms with Crippen LogP contribution >= 0.6 is 0 Å². The van der Waals surface area contributed by atoms with Gasteiger partial charge in [-0.1, -0.05) is 0 Å². The predicted octanol–water partition coefficient (Wildman–Crippen LogP) is -0.0322. The first kappa shape index (κ1) is 7.06. The van der Waals surface area contributed by atoms with E-state index in [1.807, 2.05) is 0 Å². The normalized spacial score (nSPS) is 7.36. The molecule has 0 radical (unpaired) electrons. The third kappa shape index (κ3) is 0.978. The quantitative estimate of drug-likeness (QED) is 0.548. The van der Waals surface area contributed by atoms with E-state index in [0.717, 1.165) is 0 Å². The number of H-pyrrole nitrogens is 1. The average Bonchev–Trinajstić information content (AvgIpc) is 2.45. The van der Waals surface area contributed by atoms with E-state index in [1.54, 1.807) is 18.2 Å². The van der Waals surface area contributed by atoms with Gasteiger partial charge in [-0.25, -0.2) is 0 Å². The third-order valence-corrected chi connectivity index (χ3v) is 1.22. The average molecular weight is 140 g/mol. The maximum atomic E-state index is 8.48. The van der Waals surface area contributed by atoms with Crippen LogP contribution in [0.15, 0.2) is 0 Å². The Morgan fingerprint density at radius 2 is 1.82 bits per heavy atom. The molecule has 0 fully saturated rings. The van der Waals surface area contributed by atoms with Gasteiger partial charge in [-0.05, 0) is 0 Å². The second-order valence-electron chi connectivity index (χ2n) is 1.79. The molecular formula is C6HBN4. The number of rotatable bonds is 0. The fraction of sp³-hybridized carbons (Fsp3) is 0. The number of nitrogens with one attached hydrogen (secondary N) is 1. The van der Waals surface area contributed by atoms with Crippen LogP contribution in [-0.4, -0.2) is 11.9 Å². The van der Waals surface area contributed by atoms with Gasteiger partial charge in [0.05, 0.1) is 0 Å². The van der Waals surface area contributed by atoms with Crippen molar-refractivity contribution in [1.82, 2.24) is 4.89 Å². The topological polar surface area (TPSA) is 87.2 Å². The van der Waals surface area contributed by atoms with Gasteiger partial charge in [-0.15, -0.1) is 0 Å². The summed E-state index contributed by atoms with van der Waals surface area (Å²) in [6.07, 6.45) is 0. The Hall–Kier alpha value is -2.06. The van der Waals surface area contributed by atoms with Crippen LogP contribution in [0, 0.1) is 34.0 Å². The number of aromatic amines is 1. The molecule has 0 bridgehead atoms. The molecule has 1 rings (SSSR count). The third-order valence-electron chi connectivity index (χ3n) is 1.22. The van der Waals surface area contributed by atoms with Gasteiger partial charge in [0, 0.05) is 0 Å². The first-order chi connectivity index (χ1) is 5.33. The molecular weight excluding hydrogens is 139 g/mol. The van der Waals surface area contributed by atoms with Gasteiger partial charge in [0.15, 0.2) is 0 Å². The SMILES string of the molecule is N#Cc1b[nH]c(C#N)c1C#N. The Morgan fingerprint density at radius 3 is 2.27 bits per heavy atom. The van der Waals surface area contributed by atoms with Crippen LogP contribution < -0.4 is 0 Å². The molecule has 5 heteroatoms. The Kier molecular flexibility index (Phi) is 1.72. The van der Waals surface area contributed by atoms with Gasteiger partial charge < -0.3 is 0 Å². The van der Waals surface area contributed by atoms with E-state index in [9.17, 15) is 0 Å². The van der Waals surface area contributed by atoms with Gasteiger partial charge in [0.2, 0.25) is 0 Å². The molecule has 11 heavy (non-hydrogen) atoms. The molecule has 1 heterocycles. The predicted molar refractivity (Wildman–Crippen MR) is 36.3 cm³/mol. The van der Waals surface area contributed by atoms with Crippen molar-refractivity contribution in [2.24, 2.45) is 0 Å². The monoisotopic (exact) mass is 140 g/mol. The Bertz CT molecular complexity index is 366. The summed E-state index contributed by atoms with van der Waals surface area (Å²) in [5, 5.41) is 25.3. The van der Waals surface area contributed by atoms with Crippen molar-refractivity contribution >= 4 is 7.05 Å². The van der Waals surface area contributed by atoms with Crippen LogP contribution in [0.25, 0.3) is 0 Å². The van der Waals surface area contributed by atoms with E-state index < -0.39 is 0 Å². The summed E-state index contributed by atoms with van der Waals surface area (Å²) in [7, 11) is 1.34. The van der Waals surface area contributed by atoms with Crippen molar-refractivity contribution in [1.29, 1.82) is 15.8 Å². The van der Waals surface area contributed by atoms with Crippen molar-refractivity contribution < 1.29 is 0 Å². The van der Waals surface area contributed by atoms with Gasteiger partial charge >= 0.3 is 62.7 Å². The number of nitriles is 3. The first-order valence-corrected chi connectivity index (χ1v) is 2.75. The molecule has 0 aliphatic rings. The molecule has 48 valence electrons. The fourth-order valence-electron chi connectivity index (χ4n) is 0.716. The summed E-state index contributed by atoms with van der Waals surface area (Å²) in [5.41, 5.74) is 0.475. The van der Waals surface area contributed by atoms with Gasteiger partial charge in [-0.3, -0.25) is 0 Å². The van der Waals surface area contributed by atoms with Crippen molar-refractivity contribution in [2.45, 2.75) is 0 Å².